The first-order valence-electron chi connectivity index (χ1n) is 5.71. The molecule has 84 valence electrons. The lowest BCUT2D eigenvalue weighted by Crippen LogP contribution is -2.40. The van der Waals surface area contributed by atoms with Crippen LogP contribution in [0.15, 0.2) is 0 Å². The highest BCUT2D eigenvalue weighted by atomic mass is 16.5. The highest BCUT2D eigenvalue weighted by Gasteiger charge is 2.30. The van der Waals surface area contributed by atoms with E-state index in [1.165, 1.54) is 12.8 Å². The monoisotopic (exact) mass is 201 g/mol. The summed E-state index contributed by atoms with van der Waals surface area (Å²) >= 11 is 0. The molecule has 1 fully saturated rings. The van der Waals surface area contributed by atoms with Crippen molar-refractivity contribution in [1.82, 2.24) is 5.32 Å². The fourth-order valence-electron chi connectivity index (χ4n) is 2.06. The average Bonchev–Trinajstić information content (AvgIpc) is 2.53. The SMILES string of the molecule is CCOC(C)CNCC1(O)CCCC1. The predicted molar refractivity (Wildman–Crippen MR) is 57.4 cm³/mol. The molecule has 0 spiro atoms. The van der Waals surface area contributed by atoms with Crippen molar-refractivity contribution in [2.75, 3.05) is 19.7 Å². The van der Waals surface area contributed by atoms with Gasteiger partial charge in [0.2, 0.25) is 0 Å². The fraction of sp³-hybridized carbons (Fsp3) is 1.00. The Morgan fingerprint density at radius 1 is 1.43 bits per heavy atom. The van der Waals surface area contributed by atoms with Crippen LogP contribution in [-0.2, 0) is 4.74 Å². The molecule has 3 nitrogen and oxygen atoms in total. The minimum atomic E-state index is -0.439. The summed E-state index contributed by atoms with van der Waals surface area (Å²) in [6.07, 6.45) is 4.47. The van der Waals surface area contributed by atoms with Crippen LogP contribution in [0.5, 0.6) is 0 Å². The Morgan fingerprint density at radius 2 is 2.07 bits per heavy atom. The molecule has 1 aliphatic rings. The van der Waals surface area contributed by atoms with Gasteiger partial charge in [0.15, 0.2) is 0 Å². The quantitative estimate of drug-likeness (QED) is 0.681. The van der Waals surface area contributed by atoms with Crippen molar-refractivity contribution in [1.29, 1.82) is 0 Å². The van der Waals surface area contributed by atoms with Crippen LogP contribution >= 0.6 is 0 Å². The van der Waals surface area contributed by atoms with Crippen LogP contribution in [0.1, 0.15) is 39.5 Å². The van der Waals surface area contributed by atoms with Crippen LogP contribution in [-0.4, -0.2) is 36.5 Å². The van der Waals surface area contributed by atoms with E-state index in [4.69, 9.17) is 4.74 Å². The zero-order valence-electron chi connectivity index (χ0n) is 9.38. The average molecular weight is 201 g/mol. The molecule has 1 saturated carbocycles. The molecular weight excluding hydrogens is 178 g/mol. The molecule has 14 heavy (non-hydrogen) atoms. The third-order valence-corrected chi connectivity index (χ3v) is 2.87. The van der Waals surface area contributed by atoms with E-state index >= 15 is 0 Å². The molecule has 1 aliphatic carbocycles. The second-order valence-electron chi connectivity index (χ2n) is 4.33. The number of aliphatic hydroxyl groups is 1. The highest BCUT2D eigenvalue weighted by Crippen LogP contribution is 2.28. The van der Waals surface area contributed by atoms with Gasteiger partial charge in [-0.05, 0) is 26.7 Å². The third kappa shape index (κ3) is 3.95. The van der Waals surface area contributed by atoms with Gasteiger partial charge in [0.1, 0.15) is 0 Å². The minimum Gasteiger partial charge on any atom is -0.389 e. The summed E-state index contributed by atoms with van der Waals surface area (Å²) in [6, 6.07) is 0. The van der Waals surface area contributed by atoms with Crippen molar-refractivity contribution in [2.45, 2.75) is 51.2 Å². The van der Waals surface area contributed by atoms with Crippen molar-refractivity contribution >= 4 is 0 Å². The summed E-state index contributed by atoms with van der Waals surface area (Å²) in [7, 11) is 0. The molecule has 0 heterocycles. The van der Waals surface area contributed by atoms with Crippen LogP contribution in [0.3, 0.4) is 0 Å². The molecule has 0 amide bonds. The molecule has 0 bridgehead atoms. The van der Waals surface area contributed by atoms with E-state index < -0.39 is 5.60 Å². The Balaban J connectivity index is 2.08. The number of hydrogen-bond donors (Lipinski definition) is 2. The Kier molecular flexibility index (Phi) is 4.85. The zero-order valence-corrected chi connectivity index (χ0v) is 9.38. The molecule has 1 unspecified atom stereocenters. The van der Waals surface area contributed by atoms with Gasteiger partial charge in [-0.1, -0.05) is 12.8 Å². The molecule has 0 radical (unpaired) electrons. The number of hydrogen-bond acceptors (Lipinski definition) is 3. The van der Waals surface area contributed by atoms with Crippen molar-refractivity contribution in [3.63, 3.8) is 0 Å². The first-order chi connectivity index (χ1) is 6.66. The fourth-order valence-corrected chi connectivity index (χ4v) is 2.06. The minimum absolute atomic E-state index is 0.241. The first-order valence-corrected chi connectivity index (χ1v) is 5.71. The van der Waals surface area contributed by atoms with E-state index in [1.54, 1.807) is 0 Å². The van der Waals surface area contributed by atoms with Gasteiger partial charge >= 0.3 is 0 Å². The van der Waals surface area contributed by atoms with Crippen molar-refractivity contribution in [2.24, 2.45) is 0 Å². The van der Waals surface area contributed by atoms with E-state index in [2.05, 4.69) is 12.2 Å². The van der Waals surface area contributed by atoms with E-state index in [1.807, 2.05) is 6.92 Å². The molecule has 1 rings (SSSR count). The smallest absolute Gasteiger partial charge is 0.0771 e. The zero-order chi connectivity index (χ0) is 10.4. The van der Waals surface area contributed by atoms with E-state index in [0.717, 1.165) is 26.0 Å². The lowest BCUT2D eigenvalue weighted by molar-refractivity contribution is 0.0366. The molecule has 0 aromatic rings. The molecule has 0 aliphatic heterocycles. The summed E-state index contributed by atoms with van der Waals surface area (Å²) in [4.78, 5) is 0. The third-order valence-electron chi connectivity index (χ3n) is 2.87. The summed E-state index contributed by atoms with van der Waals surface area (Å²) in [5.41, 5.74) is -0.439. The topological polar surface area (TPSA) is 41.5 Å². The van der Waals surface area contributed by atoms with Crippen molar-refractivity contribution in [3.8, 4) is 0 Å². The molecule has 0 saturated heterocycles. The van der Waals surface area contributed by atoms with Gasteiger partial charge in [0, 0.05) is 19.7 Å². The van der Waals surface area contributed by atoms with Gasteiger partial charge in [-0.25, -0.2) is 0 Å². The summed E-state index contributed by atoms with van der Waals surface area (Å²) in [5, 5.41) is 13.3. The standard InChI is InChI=1S/C11H23NO2/c1-3-14-10(2)8-12-9-11(13)6-4-5-7-11/h10,12-13H,3-9H2,1-2H3. The van der Waals surface area contributed by atoms with Crippen LogP contribution in [0.25, 0.3) is 0 Å². The Hall–Kier alpha value is -0.120. The van der Waals surface area contributed by atoms with E-state index in [0.29, 0.717) is 6.54 Å². The maximum Gasteiger partial charge on any atom is 0.0771 e. The largest absolute Gasteiger partial charge is 0.389 e. The molecule has 1 atom stereocenters. The van der Waals surface area contributed by atoms with E-state index in [9.17, 15) is 5.11 Å². The van der Waals surface area contributed by atoms with Crippen molar-refractivity contribution < 1.29 is 9.84 Å². The van der Waals surface area contributed by atoms with Crippen LogP contribution in [0.2, 0.25) is 0 Å². The normalized spacial score (nSPS) is 22.5. The second-order valence-corrected chi connectivity index (χ2v) is 4.33. The summed E-state index contributed by atoms with van der Waals surface area (Å²) in [5.74, 6) is 0. The highest BCUT2D eigenvalue weighted by molar-refractivity contribution is 4.86. The van der Waals surface area contributed by atoms with Crippen LogP contribution < -0.4 is 5.32 Å². The Labute approximate surface area is 86.8 Å². The van der Waals surface area contributed by atoms with Gasteiger partial charge in [-0.2, -0.15) is 0 Å². The lowest BCUT2D eigenvalue weighted by atomic mass is 10.0. The number of ether oxygens (including phenoxy) is 1. The molecular formula is C11H23NO2. The Morgan fingerprint density at radius 3 is 2.64 bits per heavy atom. The van der Waals surface area contributed by atoms with Gasteiger partial charge in [-0.15, -0.1) is 0 Å². The molecule has 0 aromatic heterocycles. The number of nitrogens with one attached hydrogen (secondary N) is 1. The van der Waals surface area contributed by atoms with E-state index in [-0.39, 0.29) is 6.10 Å². The summed E-state index contributed by atoms with van der Waals surface area (Å²) in [6.45, 7) is 6.35. The molecule has 3 heteroatoms. The van der Waals surface area contributed by atoms with Gasteiger partial charge in [0.25, 0.3) is 0 Å². The van der Waals surface area contributed by atoms with Gasteiger partial charge < -0.3 is 15.2 Å². The maximum absolute atomic E-state index is 10.0. The maximum atomic E-state index is 10.0. The second kappa shape index (κ2) is 5.69. The van der Waals surface area contributed by atoms with Gasteiger partial charge in [0.05, 0.1) is 11.7 Å². The van der Waals surface area contributed by atoms with Crippen LogP contribution in [0, 0.1) is 0 Å². The molecule has 2 N–H and O–H groups in total. The first kappa shape index (κ1) is 12.0. The lowest BCUT2D eigenvalue weighted by Gasteiger charge is -2.23. The summed E-state index contributed by atoms with van der Waals surface area (Å²) < 4.78 is 5.40. The van der Waals surface area contributed by atoms with Crippen molar-refractivity contribution in [3.05, 3.63) is 0 Å². The number of rotatable bonds is 6. The Bertz CT molecular complexity index is 155. The predicted octanol–water partition coefficient (Wildman–Crippen LogP) is 1.31. The molecule has 0 aromatic carbocycles. The van der Waals surface area contributed by atoms with Gasteiger partial charge in [-0.3, -0.25) is 0 Å². The van der Waals surface area contributed by atoms with Crippen LogP contribution in [0.4, 0.5) is 0 Å².